The highest BCUT2D eigenvalue weighted by molar-refractivity contribution is 7.98. The summed E-state index contributed by atoms with van der Waals surface area (Å²) in [4.78, 5) is 0. The predicted octanol–water partition coefficient (Wildman–Crippen LogP) is 4.30. The van der Waals surface area contributed by atoms with Crippen molar-refractivity contribution in [1.29, 1.82) is 0 Å². The molecule has 0 atom stereocenters. The average molecular weight is 415 g/mol. The van der Waals surface area contributed by atoms with E-state index in [9.17, 15) is 0 Å². The Kier molecular flexibility index (Phi) is 5.43. The Hall–Kier alpha value is -3.40. The number of rotatable bonds is 8. The molecular formula is C19H17N3O6S. The van der Waals surface area contributed by atoms with E-state index in [1.807, 2.05) is 6.07 Å². The van der Waals surface area contributed by atoms with Crippen LogP contribution >= 0.6 is 11.8 Å². The van der Waals surface area contributed by atoms with Crippen LogP contribution in [0.25, 0.3) is 23.0 Å². The summed E-state index contributed by atoms with van der Waals surface area (Å²) >= 11 is 1.35. The molecule has 0 aliphatic carbocycles. The third kappa shape index (κ3) is 3.92. The molecule has 0 saturated heterocycles. The zero-order valence-corrected chi connectivity index (χ0v) is 16.7. The smallest absolute Gasteiger partial charge is 0.277 e. The minimum Gasteiger partial charge on any atom is -0.493 e. The molecule has 0 amide bonds. The predicted molar refractivity (Wildman–Crippen MR) is 103 cm³/mol. The fourth-order valence-corrected chi connectivity index (χ4v) is 3.28. The first-order valence-corrected chi connectivity index (χ1v) is 9.46. The van der Waals surface area contributed by atoms with Gasteiger partial charge in [-0.25, -0.2) is 0 Å². The molecule has 4 aromatic rings. The van der Waals surface area contributed by atoms with Crippen molar-refractivity contribution in [3.63, 3.8) is 0 Å². The van der Waals surface area contributed by atoms with E-state index in [-0.39, 0.29) is 0 Å². The third-order valence-corrected chi connectivity index (χ3v) is 4.84. The molecule has 29 heavy (non-hydrogen) atoms. The molecule has 0 aliphatic rings. The van der Waals surface area contributed by atoms with Gasteiger partial charge >= 0.3 is 0 Å². The maximum absolute atomic E-state index is 5.75. The molecule has 0 bridgehead atoms. The van der Waals surface area contributed by atoms with Gasteiger partial charge in [0.15, 0.2) is 17.3 Å². The Morgan fingerprint density at radius 1 is 0.966 bits per heavy atom. The second-order valence-corrected chi connectivity index (χ2v) is 6.66. The lowest BCUT2D eigenvalue weighted by atomic mass is 10.2. The van der Waals surface area contributed by atoms with Crippen molar-refractivity contribution in [3.05, 3.63) is 42.3 Å². The number of thioether (sulfide) groups is 1. The molecule has 0 spiro atoms. The summed E-state index contributed by atoms with van der Waals surface area (Å²) in [6, 6.07) is 8.89. The lowest BCUT2D eigenvalue weighted by Gasteiger charge is -2.12. The van der Waals surface area contributed by atoms with E-state index < -0.39 is 0 Å². The zero-order chi connectivity index (χ0) is 20.2. The highest BCUT2D eigenvalue weighted by Gasteiger charge is 2.18. The van der Waals surface area contributed by atoms with E-state index in [0.717, 1.165) is 5.69 Å². The molecule has 0 radical (unpaired) electrons. The molecule has 0 fully saturated rings. The number of ether oxygens (including phenoxy) is 3. The van der Waals surface area contributed by atoms with Gasteiger partial charge in [-0.05, 0) is 24.3 Å². The van der Waals surface area contributed by atoms with E-state index >= 15 is 0 Å². The second-order valence-electron chi connectivity index (χ2n) is 5.74. The van der Waals surface area contributed by atoms with Crippen molar-refractivity contribution in [1.82, 2.24) is 15.4 Å². The molecule has 0 N–H and O–H groups in total. The Morgan fingerprint density at radius 3 is 2.41 bits per heavy atom. The Labute approximate surface area is 169 Å². The number of nitrogens with zero attached hydrogens (tertiary/aromatic N) is 3. The molecule has 3 aromatic heterocycles. The van der Waals surface area contributed by atoms with Gasteiger partial charge in [0.25, 0.3) is 5.22 Å². The zero-order valence-electron chi connectivity index (χ0n) is 15.9. The van der Waals surface area contributed by atoms with E-state index in [1.54, 1.807) is 51.9 Å². The maximum Gasteiger partial charge on any atom is 0.277 e. The van der Waals surface area contributed by atoms with E-state index in [0.29, 0.717) is 51.2 Å². The molecule has 0 saturated carbocycles. The van der Waals surface area contributed by atoms with Crippen LogP contribution in [0.4, 0.5) is 0 Å². The van der Waals surface area contributed by atoms with Crippen molar-refractivity contribution in [2.24, 2.45) is 0 Å². The molecule has 0 unspecified atom stereocenters. The van der Waals surface area contributed by atoms with Crippen LogP contribution in [0.15, 0.2) is 55.2 Å². The van der Waals surface area contributed by atoms with Crippen LogP contribution in [-0.2, 0) is 5.75 Å². The molecule has 9 nitrogen and oxygen atoms in total. The summed E-state index contributed by atoms with van der Waals surface area (Å²) in [5.41, 5.74) is 1.38. The van der Waals surface area contributed by atoms with Crippen molar-refractivity contribution < 1.29 is 27.6 Å². The van der Waals surface area contributed by atoms with Gasteiger partial charge in [-0.15, -0.1) is 10.2 Å². The van der Waals surface area contributed by atoms with Gasteiger partial charge in [-0.3, -0.25) is 0 Å². The van der Waals surface area contributed by atoms with Crippen LogP contribution in [-0.4, -0.2) is 36.7 Å². The van der Waals surface area contributed by atoms with Crippen LogP contribution in [0.3, 0.4) is 0 Å². The first-order valence-electron chi connectivity index (χ1n) is 8.48. The molecule has 4 rings (SSSR count). The van der Waals surface area contributed by atoms with E-state index in [2.05, 4.69) is 15.4 Å². The van der Waals surface area contributed by atoms with Gasteiger partial charge in [0.05, 0.1) is 33.3 Å². The minimum absolute atomic E-state index is 0.336. The van der Waals surface area contributed by atoms with Crippen LogP contribution in [0, 0.1) is 0 Å². The van der Waals surface area contributed by atoms with Crippen molar-refractivity contribution in [3.8, 4) is 40.2 Å². The van der Waals surface area contributed by atoms with Gasteiger partial charge in [0, 0.05) is 17.4 Å². The van der Waals surface area contributed by atoms with Crippen molar-refractivity contribution in [2.75, 3.05) is 21.3 Å². The lowest BCUT2D eigenvalue weighted by molar-refractivity contribution is 0.324. The Bertz CT molecular complexity index is 1060. The van der Waals surface area contributed by atoms with Gasteiger partial charge in [-0.2, -0.15) is 0 Å². The summed E-state index contributed by atoms with van der Waals surface area (Å²) in [5, 5.41) is 12.6. The van der Waals surface area contributed by atoms with Crippen LogP contribution in [0.1, 0.15) is 5.69 Å². The fraction of sp³-hybridized carbons (Fsp3) is 0.211. The summed E-state index contributed by atoms with van der Waals surface area (Å²) in [6.07, 6.45) is 1.58. The first kappa shape index (κ1) is 18.9. The van der Waals surface area contributed by atoms with Gasteiger partial charge < -0.3 is 27.6 Å². The summed E-state index contributed by atoms with van der Waals surface area (Å²) in [5.74, 6) is 3.52. The van der Waals surface area contributed by atoms with Gasteiger partial charge in [-0.1, -0.05) is 16.9 Å². The molecule has 150 valence electrons. The number of hydrogen-bond acceptors (Lipinski definition) is 10. The van der Waals surface area contributed by atoms with Crippen LogP contribution in [0.2, 0.25) is 0 Å². The highest BCUT2D eigenvalue weighted by Crippen LogP contribution is 2.41. The topological polar surface area (TPSA) is 106 Å². The number of methoxy groups -OCH3 is 3. The number of benzene rings is 1. The average Bonchev–Trinajstić information content (AvgIpc) is 3.52. The van der Waals surface area contributed by atoms with Crippen molar-refractivity contribution >= 4 is 11.8 Å². The van der Waals surface area contributed by atoms with Gasteiger partial charge in [0.1, 0.15) is 0 Å². The molecule has 0 aliphatic heterocycles. The first-order chi connectivity index (χ1) is 14.2. The number of hydrogen-bond donors (Lipinski definition) is 0. The summed E-state index contributed by atoms with van der Waals surface area (Å²) in [6.45, 7) is 0. The van der Waals surface area contributed by atoms with E-state index in [4.69, 9.17) is 27.6 Å². The number of aromatic nitrogens is 3. The molecule has 10 heteroatoms. The molecule has 1 aromatic carbocycles. The normalized spacial score (nSPS) is 10.9. The van der Waals surface area contributed by atoms with Crippen LogP contribution < -0.4 is 14.2 Å². The largest absolute Gasteiger partial charge is 0.493 e. The summed E-state index contributed by atoms with van der Waals surface area (Å²) in [7, 11) is 4.64. The maximum atomic E-state index is 5.75. The van der Waals surface area contributed by atoms with Crippen LogP contribution in [0.5, 0.6) is 17.2 Å². The SMILES string of the molecule is COc1cc(-c2nnc(SCc3cc(-c4ccco4)on3)o2)cc(OC)c1OC. The monoisotopic (exact) mass is 415 g/mol. The quantitative estimate of drug-likeness (QED) is 0.387. The standard InChI is InChI=1S/C19H17N3O6S/c1-23-15-7-11(8-16(24-2)17(15)25-3)18-20-21-19(27-18)29-10-12-9-14(28-22-12)13-5-4-6-26-13/h4-9H,10H2,1-3H3. The third-order valence-electron chi connectivity index (χ3n) is 3.98. The number of furan rings is 1. The van der Waals surface area contributed by atoms with Gasteiger partial charge in [0.2, 0.25) is 17.4 Å². The van der Waals surface area contributed by atoms with Crippen molar-refractivity contribution in [2.45, 2.75) is 11.0 Å². The summed E-state index contributed by atoms with van der Waals surface area (Å²) < 4.78 is 32.4. The second kappa shape index (κ2) is 8.31. The highest BCUT2D eigenvalue weighted by atomic mass is 32.2. The molecular weight excluding hydrogens is 398 g/mol. The molecule has 3 heterocycles. The lowest BCUT2D eigenvalue weighted by Crippen LogP contribution is -1.95. The minimum atomic E-state index is 0.336. The fourth-order valence-electron chi connectivity index (χ4n) is 2.64. The van der Waals surface area contributed by atoms with E-state index in [1.165, 1.54) is 11.8 Å². The Balaban J connectivity index is 1.49. The Morgan fingerprint density at radius 2 is 1.76 bits per heavy atom.